The van der Waals surface area contributed by atoms with Crippen LogP contribution in [0.15, 0.2) is 53.1 Å². The van der Waals surface area contributed by atoms with Gasteiger partial charge in [0.25, 0.3) is 0 Å². The topological polar surface area (TPSA) is 42.7 Å². The highest BCUT2D eigenvalue weighted by atomic mass is 16.5. The minimum Gasteiger partial charge on any atom is -0.469 e. The molecule has 1 aliphatic carbocycles. The lowest BCUT2D eigenvalue weighted by Crippen LogP contribution is -2.48. The van der Waals surface area contributed by atoms with Crippen LogP contribution in [0.2, 0.25) is 0 Å². The molecule has 2 heterocycles. The summed E-state index contributed by atoms with van der Waals surface area (Å²) in [4.78, 5) is 14.7. The van der Waals surface area contributed by atoms with Crippen LogP contribution in [-0.2, 0) is 22.4 Å². The Morgan fingerprint density at radius 2 is 1.96 bits per heavy atom. The second-order valence-electron chi connectivity index (χ2n) is 7.65. The number of furan rings is 1. The maximum atomic E-state index is 12.7. The number of ether oxygens (including phenoxy) is 1. The molecule has 4 rings (SSSR count). The van der Waals surface area contributed by atoms with E-state index in [-0.39, 0.29) is 12.0 Å². The minimum absolute atomic E-state index is 0.152. The molecule has 0 radical (unpaired) electrons. The summed E-state index contributed by atoms with van der Waals surface area (Å²) in [6, 6.07) is 14.2. The van der Waals surface area contributed by atoms with Crippen LogP contribution in [0.1, 0.15) is 30.6 Å². The Morgan fingerprint density at radius 3 is 2.69 bits per heavy atom. The van der Waals surface area contributed by atoms with E-state index < -0.39 is 0 Å². The monoisotopic (exact) mass is 353 g/mol. The van der Waals surface area contributed by atoms with Gasteiger partial charge >= 0.3 is 0 Å². The first-order chi connectivity index (χ1) is 12.8. The Kier molecular flexibility index (Phi) is 5.40. The SMILES string of the molecule is O=C(Cc1ccco1)N1CC[C@@H](OCC2CC2)[C@@H](Cc2ccccc2)C1. The van der Waals surface area contributed by atoms with Crippen LogP contribution >= 0.6 is 0 Å². The van der Waals surface area contributed by atoms with Gasteiger partial charge in [-0.15, -0.1) is 0 Å². The Balaban J connectivity index is 1.40. The quantitative estimate of drug-likeness (QED) is 0.762. The third-order valence-electron chi connectivity index (χ3n) is 5.51. The lowest BCUT2D eigenvalue weighted by Gasteiger charge is -2.38. The molecule has 4 nitrogen and oxygen atoms in total. The van der Waals surface area contributed by atoms with Gasteiger partial charge in [0.05, 0.1) is 18.8 Å². The van der Waals surface area contributed by atoms with Gasteiger partial charge < -0.3 is 14.1 Å². The molecule has 2 aromatic rings. The zero-order chi connectivity index (χ0) is 17.8. The first-order valence-electron chi connectivity index (χ1n) is 9.73. The van der Waals surface area contributed by atoms with Crippen molar-refractivity contribution in [1.82, 2.24) is 4.90 Å². The molecule has 26 heavy (non-hydrogen) atoms. The van der Waals surface area contributed by atoms with Crippen LogP contribution in [0.3, 0.4) is 0 Å². The van der Waals surface area contributed by atoms with Crippen molar-refractivity contribution >= 4 is 5.91 Å². The number of carbonyl (C=O) groups is 1. The molecule has 1 saturated carbocycles. The number of carbonyl (C=O) groups excluding carboxylic acids is 1. The number of likely N-dealkylation sites (tertiary alicyclic amines) is 1. The van der Waals surface area contributed by atoms with E-state index in [1.54, 1.807) is 6.26 Å². The van der Waals surface area contributed by atoms with Crippen LogP contribution in [0, 0.1) is 11.8 Å². The number of hydrogen-bond donors (Lipinski definition) is 0. The number of amides is 1. The summed E-state index contributed by atoms with van der Waals surface area (Å²) in [5, 5.41) is 0. The zero-order valence-corrected chi connectivity index (χ0v) is 15.2. The number of rotatable bonds is 7. The van der Waals surface area contributed by atoms with Crippen LogP contribution in [0.25, 0.3) is 0 Å². The zero-order valence-electron chi connectivity index (χ0n) is 15.2. The molecule has 1 saturated heterocycles. The maximum absolute atomic E-state index is 12.7. The fourth-order valence-corrected chi connectivity index (χ4v) is 3.79. The van der Waals surface area contributed by atoms with Gasteiger partial charge in [-0.05, 0) is 49.3 Å². The molecule has 1 aromatic carbocycles. The summed E-state index contributed by atoms with van der Waals surface area (Å²) in [7, 11) is 0. The van der Waals surface area contributed by atoms with Gasteiger partial charge in [0.15, 0.2) is 0 Å². The van der Waals surface area contributed by atoms with E-state index in [2.05, 4.69) is 24.3 Å². The largest absolute Gasteiger partial charge is 0.469 e. The van der Waals surface area contributed by atoms with Gasteiger partial charge in [-0.1, -0.05) is 30.3 Å². The van der Waals surface area contributed by atoms with Crippen LogP contribution in [0.5, 0.6) is 0 Å². The van der Waals surface area contributed by atoms with Gasteiger partial charge in [0, 0.05) is 25.6 Å². The molecule has 1 aromatic heterocycles. The molecule has 0 N–H and O–H groups in total. The number of benzene rings is 1. The van der Waals surface area contributed by atoms with Crippen LogP contribution < -0.4 is 0 Å². The average Bonchev–Trinajstić information content (AvgIpc) is 3.36. The van der Waals surface area contributed by atoms with Crippen molar-refractivity contribution in [3.63, 3.8) is 0 Å². The first kappa shape index (κ1) is 17.3. The second kappa shape index (κ2) is 8.09. The predicted molar refractivity (Wildman–Crippen MR) is 99.7 cm³/mol. The summed E-state index contributed by atoms with van der Waals surface area (Å²) in [5.41, 5.74) is 1.32. The molecule has 2 fully saturated rings. The van der Waals surface area contributed by atoms with E-state index in [4.69, 9.17) is 9.15 Å². The van der Waals surface area contributed by atoms with Gasteiger partial charge in [0.2, 0.25) is 5.91 Å². The number of piperidine rings is 1. The lowest BCUT2D eigenvalue weighted by atomic mass is 9.88. The normalized spacial score (nSPS) is 23.2. The highest BCUT2D eigenvalue weighted by Gasteiger charge is 2.33. The van der Waals surface area contributed by atoms with Crippen molar-refractivity contribution in [3.8, 4) is 0 Å². The fraction of sp³-hybridized carbons (Fsp3) is 0.500. The average molecular weight is 353 g/mol. The van der Waals surface area contributed by atoms with Crippen molar-refractivity contribution < 1.29 is 13.9 Å². The van der Waals surface area contributed by atoms with Crippen molar-refractivity contribution in [2.75, 3.05) is 19.7 Å². The molecule has 138 valence electrons. The Hall–Kier alpha value is -2.07. The molecule has 2 atom stereocenters. The highest BCUT2D eigenvalue weighted by Crippen LogP contribution is 2.32. The second-order valence-corrected chi connectivity index (χ2v) is 7.65. The van der Waals surface area contributed by atoms with Crippen LogP contribution in [-0.4, -0.2) is 36.6 Å². The van der Waals surface area contributed by atoms with E-state index in [0.717, 1.165) is 44.2 Å². The van der Waals surface area contributed by atoms with Crippen molar-refractivity contribution in [3.05, 3.63) is 60.1 Å². The summed E-state index contributed by atoms with van der Waals surface area (Å²) in [6.45, 7) is 2.43. The summed E-state index contributed by atoms with van der Waals surface area (Å²) < 4.78 is 11.6. The molecule has 1 aliphatic heterocycles. The van der Waals surface area contributed by atoms with Gasteiger partial charge in [-0.2, -0.15) is 0 Å². The minimum atomic E-state index is 0.152. The van der Waals surface area contributed by atoms with Crippen LogP contribution in [0.4, 0.5) is 0 Å². The van der Waals surface area contributed by atoms with Gasteiger partial charge in [-0.25, -0.2) is 0 Å². The Morgan fingerprint density at radius 1 is 1.12 bits per heavy atom. The van der Waals surface area contributed by atoms with Gasteiger partial charge in [0.1, 0.15) is 5.76 Å². The smallest absolute Gasteiger partial charge is 0.230 e. The molecule has 0 spiro atoms. The summed E-state index contributed by atoms with van der Waals surface area (Å²) in [6.07, 6.45) is 6.73. The molecular weight excluding hydrogens is 326 g/mol. The Labute approximate surface area is 155 Å². The van der Waals surface area contributed by atoms with E-state index in [9.17, 15) is 4.79 Å². The first-order valence-corrected chi connectivity index (χ1v) is 9.73. The summed E-state index contributed by atoms with van der Waals surface area (Å²) >= 11 is 0. The molecule has 2 aliphatic rings. The Bertz CT molecular complexity index is 693. The fourth-order valence-electron chi connectivity index (χ4n) is 3.79. The standard InChI is InChI=1S/C22H27NO3/c24-22(14-20-7-4-12-25-20)23-11-10-21(26-16-18-8-9-18)19(15-23)13-17-5-2-1-3-6-17/h1-7,12,18-19,21H,8-11,13-16H2/t19-,21+/m0/s1. The van der Waals surface area contributed by atoms with E-state index in [1.165, 1.54) is 18.4 Å². The third kappa shape index (κ3) is 4.55. The molecule has 1 amide bonds. The third-order valence-corrected chi connectivity index (χ3v) is 5.51. The maximum Gasteiger partial charge on any atom is 0.230 e. The van der Waals surface area contributed by atoms with E-state index >= 15 is 0 Å². The predicted octanol–water partition coefficient (Wildman–Crippen LogP) is 3.71. The highest BCUT2D eigenvalue weighted by molar-refractivity contribution is 5.78. The molecule has 4 heteroatoms. The van der Waals surface area contributed by atoms with E-state index in [1.807, 2.05) is 23.1 Å². The van der Waals surface area contributed by atoms with Crippen molar-refractivity contribution in [2.45, 2.75) is 38.2 Å². The lowest BCUT2D eigenvalue weighted by molar-refractivity contribution is -0.136. The van der Waals surface area contributed by atoms with E-state index in [0.29, 0.717) is 12.3 Å². The van der Waals surface area contributed by atoms with Gasteiger partial charge in [-0.3, -0.25) is 4.79 Å². The molecule has 0 bridgehead atoms. The number of nitrogens with zero attached hydrogens (tertiary/aromatic N) is 1. The summed E-state index contributed by atoms with van der Waals surface area (Å²) in [5.74, 6) is 2.01. The van der Waals surface area contributed by atoms with Crippen molar-refractivity contribution in [1.29, 1.82) is 0 Å². The van der Waals surface area contributed by atoms with Crippen molar-refractivity contribution in [2.24, 2.45) is 11.8 Å². The number of hydrogen-bond acceptors (Lipinski definition) is 3. The molecular formula is C22H27NO3. The molecule has 0 unspecified atom stereocenters.